The van der Waals surface area contributed by atoms with Gasteiger partial charge in [-0.1, -0.05) is 23.4 Å². The van der Waals surface area contributed by atoms with Crippen LogP contribution < -0.4 is 11.5 Å². The molecule has 0 aliphatic heterocycles. The van der Waals surface area contributed by atoms with E-state index in [0.717, 1.165) is 5.69 Å². The number of anilines is 2. The van der Waals surface area contributed by atoms with E-state index in [1.165, 1.54) is 4.68 Å². The van der Waals surface area contributed by atoms with E-state index < -0.39 is 0 Å². The molecule has 92 valence electrons. The zero-order chi connectivity index (χ0) is 13.4. The van der Waals surface area contributed by atoms with Crippen LogP contribution in [0.2, 0.25) is 0 Å². The van der Waals surface area contributed by atoms with E-state index in [1.807, 2.05) is 36.4 Å². The van der Waals surface area contributed by atoms with Crippen LogP contribution in [0, 0.1) is 11.3 Å². The predicted octanol–water partition coefficient (Wildman–Crippen LogP) is 0.852. The quantitative estimate of drug-likeness (QED) is 0.661. The van der Waals surface area contributed by atoms with Crippen LogP contribution in [0.4, 0.5) is 11.5 Å². The summed E-state index contributed by atoms with van der Waals surface area (Å²) in [5.74, 6) is 0.0759. The molecular formula is C12H9N7. The number of nitriles is 1. The van der Waals surface area contributed by atoms with Gasteiger partial charge in [0.1, 0.15) is 17.5 Å². The highest BCUT2D eigenvalue weighted by molar-refractivity contribution is 5.91. The molecule has 19 heavy (non-hydrogen) atoms. The van der Waals surface area contributed by atoms with Gasteiger partial charge >= 0.3 is 0 Å². The second kappa shape index (κ2) is 3.96. The Balaban J connectivity index is 2.35. The number of para-hydroxylation sites is 1. The van der Waals surface area contributed by atoms with Gasteiger partial charge in [0.05, 0.1) is 11.4 Å². The third kappa shape index (κ3) is 1.55. The molecule has 0 bridgehead atoms. The molecule has 1 aromatic carbocycles. The molecule has 0 radical (unpaired) electrons. The van der Waals surface area contributed by atoms with E-state index in [4.69, 9.17) is 16.7 Å². The Labute approximate surface area is 108 Å². The lowest BCUT2D eigenvalue weighted by Crippen LogP contribution is -2.03. The summed E-state index contributed by atoms with van der Waals surface area (Å²) in [6, 6.07) is 11.3. The van der Waals surface area contributed by atoms with Crippen LogP contribution >= 0.6 is 0 Å². The zero-order valence-corrected chi connectivity index (χ0v) is 9.78. The normalized spacial score (nSPS) is 10.5. The van der Waals surface area contributed by atoms with Crippen molar-refractivity contribution in [3.63, 3.8) is 0 Å². The molecule has 7 heteroatoms. The Bertz CT molecular complexity index is 798. The number of hydrogen-bond acceptors (Lipinski definition) is 6. The minimum Gasteiger partial charge on any atom is -0.396 e. The summed E-state index contributed by atoms with van der Waals surface area (Å²) < 4.78 is 1.53. The molecule has 0 aliphatic rings. The van der Waals surface area contributed by atoms with Crippen LogP contribution in [0.3, 0.4) is 0 Å². The summed E-state index contributed by atoms with van der Waals surface area (Å²) in [7, 11) is 0. The molecule has 4 N–H and O–H groups in total. The lowest BCUT2D eigenvalue weighted by molar-refractivity contribution is 0.817. The lowest BCUT2D eigenvalue weighted by atomic mass is 10.2. The molecule has 3 aromatic rings. The number of pyridine rings is 1. The van der Waals surface area contributed by atoms with Gasteiger partial charge in [0.25, 0.3) is 0 Å². The average Bonchev–Trinajstić information content (AvgIpc) is 2.84. The minimum absolute atomic E-state index is 0.0759. The van der Waals surface area contributed by atoms with Crippen LogP contribution in [0.5, 0.6) is 0 Å². The van der Waals surface area contributed by atoms with E-state index in [1.54, 1.807) is 0 Å². The highest BCUT2D eigenvalue weighted by atomic mass is 15.4. The molecule has 0 saturated carbocycles. The Morgan fingerprint density at radius 1 is 1.16 bits per heavy atom. The summed E-state index contributed by atoms with van der Waals surface area (Å²) in [6.45, 7) is 0. The van der Waals surface area contributed by atoms with Gasteiger partial charge in [0.2, 0.25) is 0 Å². The van der Waals surface area contributed by atoms with Crippen molar-refractivity contribution in [2.24, 2.45) is 0 Å². The fourth-order valence-corrected chi connectivity index (χ4v) is 1.84. The Hall–Kier alpha value is -3.14. The highest BCUT2D eigenvalue weighted by Gasteiger charge is 2.16. The monoisotopic (exact) mass is 251 g/mol. The first-order chi connectivity index (χ1) is 9.22. The second-order valence-electron chi connectivity index (χ2n) is 3.91. The molecule has 2 aromatic heterocycles. The third-order valence-corrected chi connectivity index (χ3v) is 2.77. The largest absolute Gasteiger partial charge is 0.396 e. The lowest BCUT2D eigenvalue weighted by Gasteiger charge is -2.04. The molecule has 0 amide bonds. The van der Waals surface area contributed by atoms with E-state index in [2.05, 4.69) is 15.3 Å². The zero-order valence-electron chi connectivity index (χ0n) is 9.78. The summed E-state index contributed by atoms with van der Waals surface area (Å²) in [6.07, 6.45) is 0. The molecule has 2 heterocycles. The minimum atomic E-state index is 0.0759. The van der Waals surface area contributed by atoms with Crippen LogP contribution in [0.1, 0.15) is 5.56 Å². The van der Waals surface area contributed by atoms with Gasteiger partial charge in [0, 0.05) is 0 Å². The fourth-order valence-electron chi connectivity index (χ4n) is 1.84. The Morgan fingerprint density at radius 2 is 1.89 bits per heavy atom. The standard InChI is InChI=1S/C12H9N7/c13-6-8-9(14)10-12(16-11(8)15)19(18-17-10)7-4-2-1-3-5-7/h1-5H,(H4,14,15,16). The molecule has 0 atom stereocenters. The van der Waals surface area contributed by atoms with E-state index in [-0.39, 0.29) is 17.1 Å². The number of benzene rings is 1. The number of aromatic nitrogens is 4. The molecule has 0 fully saturated rings. The fraction of sp³-hybridized carbons (Fsp3) is 0. The van der Waals surface area contributed by atoms with Gasteiger partial charge in [-0.15, -0.1) is 5.10 Å². The van der Waals surface area contributed by atoms with Crippen molar-refractivity contribution in [2.75, 3.05) is 11.5 Å². The number of fused-ring (bicyclic) bond motifs is 1. The number of rotatable bonds is 1. The van der Waals surface area contributed by atoms with Crippen LogP contribution in [0.25, 0.3) is 16.9 Å². The van der Waals surface area contributed by atoms with Crippen molar-refractivity contribution < 1.29 is 0 Å². The number of nitrogens with two attached hydrogens (primary N) is 2. The highest BCUT2D eigenvalue weighted by Crippen LogP contribution is 2.26. The Morgan fingerprint density at radius 3 is 2.58 bits per heavy atom. The molecule has 3 rings (SSSR count). The molecular weight excluding hydrogens is 242 g/mol. The summed E-state index contributed by atoms with van der Waals surface area (Å²) in [4.78, 5) is 4.16. The summed E-state index contributed by atoms with van der Waals surface area (Å²) in [5, 5.41) is 16.9. The van der Waals surface area contributed by atoms with Gasteiger partial charge in [-0.2, -0.15) is 9.94 Å². The van der Waals surface area contributed by atoms with Crippen molar-refractivity contribution in [1.82, 2.24) is 20.0 Å². The maximum absolute atomic E-state index is 8.98. The molecule has 0 spiro atoms. The first-order valence-corrected chi connectivity index (χ1v) is 5.48. The third-order valence-electron chi connectivity index (χ3n) is 2.77. The summed E-state index contributed by atoms with van der Waals surface area (Å²) >= 11 is 0. The van der Waals surface area contributed by atoms with Gasteiger partial charge in [-0.05, 0) is 12.1 Å². The van der Waals surface area contributed by atoms with Crippen LogP contribution in [-0.4, -0.2) is 20.0 Å². The predicted molar refractivity (Wildman–Crippen MR) is 70.2 cm³/mol. The van der Waals surface area contributed by atoms with Crippen molar-refractivity contribution in [2.45, 2.75) is 0 Å². The molecule has 0 aliphatic carbocycles. The number of hydrogen-bond donors (Lipinski definition) is 2. The van der Waals surface area contributed by atoms with E-state index in [0.29, 0.717) is 11.2 Å². The average molecular weight is 251 g/mol. The van der Waals surface area contributed by atoms with Crippen LogP contribution in [-0.2, 0) is 0 Å². The summed E-state index contributed by atoms with van der Waals surface area (Å²) in [5.41, 5.74) is 13.5. The number of nitrogen functional groups attached to an aromatic ring is 2. The smallest absolute Gasteiger partial charge is 0.187 e. The topological polar surface area (TPSA) is 119 Å². The molecule has 0 unspecified atom stereocenters. The van der Waals surface area contributed by atoms with Crippen molar-refractivity contribution in [3.8, 4) is 11.8 Å². The van der Waals surface area contributed by atoms with E-state index in [9.17, 15) is 0 Å². The van der Waals surface area contributed by atoms with Gasteiger partial charge in [0.15, 0.2) is 11.2 Å². The van der Waals surface area contributed by atoms with Gasteiger partial charge in [-0.25, -0.2) is 4.98 Å². The number of nitrogens with zero attached hydrogens (tertiary/aromatic N) is 5. The first-order valence-electron chi connectivity index (χ1n) is 5.48. The molecule has 0 saturated heterocycles. The van der Waals surface area contributed by atoms with Crippen LogP contribution in [0.15, 0.2) is 30.3 Å². The maximum atomic E-state index is 8.98. The van der Waals surface area contributed by atoms with Gasteiger partial charge in [-0.3, -0.25) is 0 Å². The van der Waals surface area contributed by atoms with Gasteiger partial charge < -0.3 is 11.5 Å². The first kappa shape index (κ1) is 11.0. The van der Waals surface area contributed by atoms with Crippen molar-refractivity contribution in [3.05, 3.63) is 35.9 Å². The second-order valence-corrected chi connectivity index (χ2v) is 3.91. The SMILES string of the molecule is N#Cc1c(N)nc2c(nnn2-c2ccccc2)c1N. The van der Waals surface area contributed by atoms with Crippen molar-refractivity contribution in [1.29, 1.82) is 5.26 Å². The van der Waals surface area contributed by atoms with Crippen molar-refractivity contribution >= 4 is 22.7 Å². The molecule has 7 nitrogen and oxygen atoms in total. The Kier molecular flexibility index (Phi) is 2.29. The maximum Gasteiger partial charge on any atom is 0.187 e. The van der Waals surface area contributed by atoms with E-state index >= 15 is 0 Å².